The highest BCUT2D eigenvalue weighted by Gasteiger charge is 2.35. The van der Waals surface area contributed by atoms with Crippen molar-refractivity contribution in [3.8, 4) is 0 Å². The number of hydrogen-bond donors (Lipinski definition) is 1. The maximum absolute atomic E-state index is 12.6. The Morgan fingerprint density at radius 3 is 2.65 bits per heavy atom. The van der Waals surface area contributed by atoms with Crippen molar-refractivity contribution in [2.75, 3.05) is 7.05 Å². The van der Waals surface area contributed by atoms with Crippen LogP contribution in [0, 0.1) is 5.92 Å². The first kappa shape index (κ1) is 14.9. The lowest BCUT2D eigenvalue weighted by molar-refractivity contribution is -0.141. The molecule has 7 heteroatoms. The summed E-state index contributed by atoms with van der Waals surface area (Å²) in [6.07, 6.45) is 2.42. The highest BCUT2D eigenvalue weighted by Crippen LogP contribution is 2.33. The molecule has 1 N–H and O–H groups in total. The summed E-state index contributed by atoms with van der Waals surface area (Å²) in [4.78, 5) is 15.3. The zero-order chi connectivity index (χ0) is 14.8. The Hall–Kier alpha value is -1.53. The molecule has 0 aliphatic heterocycles. The summed E-state index contributed by atoms with van der Waals surface area (Å²) in [7, 11) is 1.49. The van der Waals surface area contributed by atoms with Crippen molar-refractivity contribution in [2.45, 2.75) is 44.3 Å². The molecule has 20 heavy (non-hydrogen) atoms. The third-order valence-corrected chi connectivity index (χ3v) is 3.83. The topological polar surface area (TPSA) is 46.9 Å². The van der Waals surface area contributed by atoms with Crippen molar-refractivity contribution in [3.63, 3.8) is 0 Å². The predicted octanol–water partition coefficient (Wildman–Crippen LogP) is 2.77. The fraction of sp³-hybridized carbons (Fsp3) is 0.692. The number of hydrogen-bond acceptors (Lipinski definition) is 2. The second-order valence-electron chi connectivity index (χ2n) is 5.22. The molecule has 1 aliphatic rings. The second-order valence-corrected chi connectivity index (χ2v) is 5.22. The summed E-state index contributed by atoms with van der Waals surface area (Å²) >= 11 is 0. The lowest BCUT2D eigenvalue weighted by Gasteiger charge is -2.20. The summed E-state index contributed by atoms with van der Waals surface area (Å²) in [6, 6.07) is -0.619. The first-order valence-electron chi connectivity index (χ1n) is 6.74. The van der Waals surface area contributed by atoms with Crippen LogP contribution in [0.25, 0.3) is 0 Å². The Morgan fingerprint density at radius 1 is 1.50 bits per heavy atom. The molecule has 1 aromatic heterocycles. The molecule has 1 fully saturated rings. The van der Waals surface area contributed by atoms with Crippen molar-refractivity contribution in [3.05, 3.63) is 18.2 Å². The first-order valence-corrected chi connectivity index (χ1v) is 6.74. The molecule has 0 saturated heterocycles. The average Bonchev–Trinajstić information content (AvgIpc) is 3.05. The molecule has 0 radical (unpaired) electrons. The van der Waals surface area contributed by atoms with Gasteiger partial charge in [-0.3, -0.25) is 4.79 Å². The Kier molecular flexibility index (Phi) is 4.35. The Morgan fingerprint density at radius 2 is 2.15 bits per heavy atom. The maximum Gasteiger partial charge on any atom is 0.434 e. The Labute approximate surface area is 115 Å². The van der Waals surface area contributed by atoms with E-state index in [1.54, 1.807) is 0 Å². The molecule has 2 rings (SSSR count). The largest absolute Gasteiger partial charge is 0.434 e. The number of nitrogens with one attached hydrogen (secondary N) is 1. The van der Waals surface area contributed by atoms with Gasteiger partial charge in [0.25, 0.3) is 0 Å². The number of rotatable bonds is 4. The summed E-state index contributed by atoms with van der Waals surface area (Å²) in [5.41, 5.74) is -0.960. The van der Waals surface area contributed by atoms with Crippen molar-refractivity contribution in [1.29, 1.82) is 0 Å². The third kappa shape index (κ3) is 3.32. The quantitative estimate of drug-likeness (QED) is 0.926. The third-order valence-electron chi connectivity index (χ3n) is 3.83. The van der Waals surface area contributed by atoms with Crippen LogP contribution in [0.5, 0.6) is 0 Å². The van der Waals surface area contributed by atoms with E-state index in [1.165, 1.54) is 11.6 Å². The molecule has 112 valence electrons. The summed E-state index contributed by atoms with van der Waals surface area (Å²) in [5.74, 6) is 0.122. The van der Waals surface area contributed by atoms with Gasteiger partial charge >= 0.3 is 6.18 Å². The Balaban J connectivity index is 2.17. The molecule has 1 aliphatic carbocycles. The minimum atomic E-state index is -4.48. The minimum Gasteiger partial charge on any atom is -0.357 e. The zero-order valence-corrected chi connectivity index (χ0v) is 11.3. The van der Waals surface area contributed by atoms with E-state index in [0.29, 0.717) is 12.3 Å². The van der Waals surface area contributed by atoms with E-state index in [-0.39, 0.29) is 5.91 Å². The highest BCUT2D eigenvalue weighted by atomic mass is 19.4. The summed E-state index contributed by atoms with van der Waals surface area (Å²) in [6.45, 7) is 0. The van der Waals surface area contributed by atoms with Crippen molar-refractivity contribution in [2.24, 2.45) is 5.92 Å². The fourth-order valence-corrected chi connectivity index (χ4v) is 2.75. The molecule has 1 unspecified atom stereocenters. The van der Waals surface area contributed by atoms with Gasteiger partial charge in [-0.15, -0.1) is 0 Å². The number of imidazole rings is 1. The molecular weight excluding hydrogens is 271 g/mol. The lowest BCUT2D eigenvalue weighted by atomic mass is 9.98. The van der Waals surface area contributed by atoms with Gasteiger partial charge in [-0.1, -0.05) is 25.7 Å². The molecule has 1 aromatic rings. The van der Waals surface area contributed by atoms with Gasteiger partial charge in [0, 0.05) is 13.2 Å². The number of nitrogens with zero attached hydrogens (tertiary/aromatic N) is 2. The Bertz CT molecular complexity index is 464. The molecule has 1 atom stereocenters. The molecule has 4 nitrogen and oxygen atoms in total. The second kappa shape index (κ2) is 5.85. The molecule has 0 bridgehead atoms. The van der Waals surface area contributed by atoms with E-state index in [1.807, 2.05) is 0 Å². The van der Waals surface area contributed by atoms with Crippen LogP contribution in [-0.4, -0.2) is 22.5 Å². The van der Waals surface area contributed by atoms with Gasteiger partial charge in [0.15, 0.2) is 5.69 Å². The first-order chi connectivity index (χ1) is 9.41. The van der Waals surface area contributed by atoms with Crippen molar-refractivity contribution in [1.82, 2.24) is 14.9 Å². The number of amides is 1. The van der Waals surface area contributed by atoms with E-state index in [2.05, 4.69) is 10.3 Å². The number of aromatic nitrogens is 2. The van der Waals surface area contributed by atoms with Gasteiger partial charge in [0.2, 0.25) is 5.91 Å². The smallest absolute Gasteiger partial charge is 0.357 e. The normalized spacial score (nSPS) is 18.2. The van der Waals surface area contributed by atoms with E-state index < -0.39 is 17.9 Å². The summed E-state index contributed by atoms with van der Waals surface area (Å²) < 4.78 is 39.0. The van der Waals surface area contributed by atoms with Gasteiger partial charge < -0.3 is 9.88 Å². The lowest BCUT2D eigenvalue weighted by Crippen LogP contribution is -2.30. The van der Waals surface area contributed by atoms with Crippen LogP contribution in [0.2, 0.25) is 0 Å². The number of carbonyl (C=O) groups is 1. The van der Waals surface area contributed by atoms with E-state index in [4.69, 9.17) is 0 Å². The number of halogens is 3. The van der Waals surface area contributed by atoms with Crippen LogP contribution in [-0.2, 0) is 11.0 Å². The number of carbonyl (C=O) groups excluding carboxylic acids is 1. The molecule has 1 heterocycles. The monoisotopic (exact) mass is 289 g/mol. The SMILES string of the molecule is CNC(=O)C(CC1CCCC1)n1cnc(C(F)(F)F)c1. The standard InChI is InChI=1S/C13H18F3N3O/c1-17-12(20)10(6-9-4-2-3-5-9)19-7-11(18-8-19)13(14,15)16/h7-10H,2-6H2,1H3,(H,17,20). The van der Waals surface area contributed by atoms with Gasteiger partial charge in [-0.05, 0) is 12.3 Å². The molecular formula is C13H18F3N3O. The van der Waals surface area contributed by atoms with E-state index in [9.17, 15) is 18.0 Å². The van der Waals surface area contributed by atoms with Crippen molar-refractivity contribution < 1.29 is 18.0 Å². The van der Waals surface area contributed by atoms with E-state index in [0.717, 1.165) is 38.2 Å². The average molecular weight is 289 g/mol. The molecule has 1 amide bonds. The van der Waals surface area contributed by atoms with Gasteiger partial charge in [0.05, 0.1) is 6.33 Å². The van der Waals surface area contributed by atoms with Crippen LogP contribution >= 0.6 is 0 Å². The molecule has 1 saturated carbocycles. The minimum absolute atomic E-state index is 0.275. The van der Waals surface area contributed by atoms with E-state index >= 15 is 0 Å². The number of alkyl halides is 3. The van der Waals surface area contributed by atoms with Crippen molar-refractivity contribution >= 4 is 5.91 Å². The van der Waals surface area contributed by atoms with Crippen LogP contribution in [0.4, 0.5) is 13.2 Å². The van der Waals surface area contributed by atoms with Crippen LogP contribution in [0.15, 0.2) is 12.5 Å². The summed E-state index contributed by atoms with van der Waals surface area (Å²) in [5, 5.41) is 2.52. The van der Waals surface area contributed by atoms with Gasteiger partial charge in [-0.25, -0.2) is 4.98 Å². The van der Waals surface area contributed by atoms with Gasteiger partial charge in [0.1, 0.15) is 6.04 Å². The molecule has 0 spiro atoms. The number of likely N-dealkylation sites (N-methyl/N-ethyl adjacent to an activating group) is 1. The molecule has 0 aromatic carbocycles. The van der Waals surface area contributed by atoms with Crippen LogP contribution in [0.3, 0.4) is 0 Å². The van der Waals surface area contributed by atoms with Crippen LogP contribution in [0.1, 0.15) is 43.8 Å². The highest BCUT2D eigenvalue weighted by molar-refractivity contribution is 5.80. The van der Waals surface area contributed by atoms with Gasteiger partial charge in [-0.2, -0.15) is 13.2 Å². The van der Waals surface area contributed by atoms with Crippen LogP contribution < -0.4 is 5.32 Å². The zero-order valence-electron chi connectivity index (χ0n) is 11.3. The predicted molar refractivity (Wildman–Crippen MR) is 66.9 cm³/mol. The fourth-order valence-electron chi connectivity index (χ4n) is 2.75. The maximum atomic E-state index is 12.6.